The number of rotatable bonds is 3. The Morgan fingerprint density at radius 2 is 2.00 bits per heavy atom. The smallest absolute Gasteiger partial charge is 0.126 e. The van der Waals surface area contributed by atoms with Crippen LogP contribution in [-0.4, -0.2) is 11.0 Å². The Morgan fingerprint density at radius 3 is 2.38 bits per heavy atom. The van der Waals surface area contributed by atoms with Crippen molar-refractivity contribution in [1.29, 1.82) is 0 Å². The minimum absolute atomic E-state index is 0.0561. The Labute approximate surface area is 79.4 Å². The molecule has 3 N–H and O–H groups in total. The average molecular weight is 179 g/mol. The fourth-order valence-electron chi connectivity index (χ4n) is 1.06. The second-order valence-electron chi connectivity index (χ2n) is 3.56. The van der Waals surface area contributed by atoms with Gasteiger partial charge in [-0.1, -0.05) is 6.07 Å². The van der Waals surface area contributed by atoms with Crippen LogP contribution in [0, 0.1) is 0 Å². The zero-order valence-corrected chi connectivity index (χ0v) is 8.41. The molecule has 0 saturated carbocycles. The van der Waals surface area contributed by atoms with E-state index in [0.29, 0.717) is 6.04 Å². The number of nitrogens with one attached hydrogen (secondary N) is 1. The maximum absolute atomic E-state index is 5.70. The van der Waals surface area contributed by atoms with Gasteiger partial charge in [0.1, 0.15) is 5.82 Å². The highest BCUT2D eigenvalue weighted by atomic mass is 15.0. The van der Waals surface area contributed by atoms with Crippen LogP contribution in [0.25, 0.3) is 0 Å². The molecule has 0 fully saturated rings. The lowest BCUT2D eigenvalue weighted by Gasteiger charge is -2.10. The van der Waals surface area contributed by atoms with Crippen molar-refractivity contribution in [3.05, 3.63) is 23.9 Å². The van der Waals surface area contributed by atoms with Gasteiger partial charge in [-0.05, 0) is 32.4 Å². The topological polar surface area (TPSA) is 50.9 Å². The molecule has 1 heterocycles. The minimum atomic E-state index is 0.0561. The van der Waals surface area contributed by atoms with Gasteiger partial charge in [0.25, 0.3) is 0 Å². The number of nitrogens with two attached hydrogens (primary N) is 1. The SMILES string of the molecule is CC(C)Nc1ccc([C@@H](C)N)cn1. The lowest BCUT2D eigenvalue weighted by molar-refractivity contribution is 0.809. The maximum atomic E-state index is 5.70. The fraction of sp³-hybridized carbons (Fsp3) is 0.500. The van der Waals surface area contributed by atoms with Crippen molar-refractivity contribution in [2.45, 2.75) is 32.9 Å². The van der Waals surface area contributed by atoms with E-state index in [0.717, 1.165) is 11.4 Å². The summed E-state index contributed by atoms with van der Waals surface area (Å²) in [5.74, 6) is 0.902. The van der Waals surface area contributed by atoms with Crippen LogP contribution in [0.3, 0.4) is 0 Å². The molecule has 0 aromatic carbocycles. The summed E-state index contributed by atoms with van der Waals surface area (Å²) in [6.45, 7) is 6.12. The summed E-state index contributed by atoms with van der Waals surface area (Å²) in [6, 6.07) is 4.43. The fourth-order valence-corrected chi connectivity index (χ4v) is 1.06. The van der Waals surface area contributed by atoms with Gasteiger partial charge in [-0.15, -0.1) is 0 Å². The van der Waals surface area contributed by atoms with E-state index in [1.54, 1.807) is 0 Å². The van der Waals surface area contributed by atoms with Gasteiger partial charge in [0.05, 0.1) is 0 Å². The highest BCUT2D eigenvalue weighted by Gasteiger charge is 2.00. The van der Waals surface area contributed by atoms with Crippen LogP contribution in [0.4, 0.5) is 5.82 Å². The second kappa shape index (κ2) is 4.23. The maximum Gasteiger partial charge on any atom is 0.126 e. The van der Waals surface area contributed by atoms with Crippen molar-refractivity contribution < 1.29 is 0 Å². The molecule has 1 rings (SSSR count). The molecular weight excluding hydrogens is 162 g/mol. The minimum Gasteiger partial charge on any atom is -0.368 e. The number of aromatic nitrogens is 1. The van der Waals surface area contributed by atoms with E-state index < -0.39 is 0 Å². The molecule has 0 unspecified atom stereocenters. The van der Waals surface area contributed by atoms with E-state index in [1.807, 2.05) is 25.3 Å². The van der Waals surface area contributed by atoms with Crippen molar-refractivity contribution in [3.8, 4) is 0 Å². The monoisotopic (exact) mass is 179 g/mol. The highest BCUT2D eigenvalue weighted by Crippen LogP contribution is 2.11. The molecule has 1 aromatic rings. The Hall–Kier alpha value is -1.09. The van der Waals surface area contributed by atoms with Gasteiger partial charge in [-0.25, -0.2) is 4.98 Å². The van der Waals surface area contributed by atoms with E-state index in [2.05, 4.69) is 24.1 Å². The third-order valence-corrected chi connectivity index (χ3v) is 1.75. The van der Waals surface area contributed by atoms with Crippen LogP contribution in [-0.2, 0) is 0 Å². The molecule has 0 amide bonds. The van der Waals surface area contributed by atoms with Crippen LogP contribution in [0.15, 0.2) is 18.3 Å². The van der Waals surface area contributed by atoms with Gasteiger partial charge in [-0.3, -0.25) is 0 Å². The van der Waals surface area contributed by atoms with E-state index in [-0.39, 0.29) is 6.04 Å². The summed E-state index contributed by atoms with van der Waals surface area (Å²) < 4.78 is 0. The molecule has 3 nitrogen and oxygen atoms in total. The van der Waals surface area contributed by atoms with Gasteiger partial charge in [0, 0.05) is 18.3 Å². The Bertz CT molecular complexity index is 251. The number of nitrogens with zero attached hydrogens (tertiary/aromatic N) is 1. The van der Waals surface area contributed by atoms with Crippen LogP contribution in [0.2, 0.25) is 0 Å². The Kier molecular flexibility index (Phi) is 3.25. The summed E-state index contributed by atoms with van der Waals surface area (Å²) in [5.41, 5.74) is 6.77. The summed E-state index contributed by atoms with van der Waals surface area (Å²) >= 11 is 0. The molecule has 0 bridgehead atoms. The summed E-state index contributed by atoms with van der Waals surface area (Å²) in [7, 11) is 0. The van der Waals surface area contributed by atoms with Gasteiger partial charge in [0.15, 0.2) is 0 Å². The van der Waals surface area contributed by atoms with Gasteiger partial charge < -0.3 is 11.1 Å². The standard InChI is InChI=1S/C10H17N3/c1-7(2)13-10-5-4-9(6-12-10)8(3)11/h4-8H,11H2,1-3H3,(H,12,13)/t8-/m1/s1. The number of hydrogen-bond donors (Lipinski definition) is 2. The molecule has 1 atom stereocenters. The van der Waals surface area contributed by atoms with E-state index in [4.69, 9.17) is 5.73 Å². The van der Waals surface area contributed by atoms with E-state index in [9.17, 15) is 0 Å². The van der Waals surface area contributed by atoms with Crippen LogP contribution < -0.4 is 11.1 Å². The molecule has 0 aliphatic heterocycles. The first-order valence-electron chi connectivity index (χ1n) is 4.57. The lowest BCUT2D eigenvalue weighted by atomic mass is 10.1. The predicted molar refractivity (Wildman–Crippen MR) is 55.6 cm³/mol. The number of anilines is 1. The predicted octanol–water partition coefficient (Wildman–Crippen LogP) is 1.92. The lowest BCUT2D eigenvalue weighted by Crippen LogP contribution is -2.11. The Balaban J connectivity index is 2.70. The van der Waals surface area contributed by atoms with Crippen molar-refractivity contribution in [2.75, 3.05) is 5.32 Å². The molecule has 0 radical (unpaired) electrons. The zero-order chi connectivity index (χ0) is 9.84. The number of hydrogen-bond acceptors (Lipinski definition) is 3. The molecule has 0 spiro atoms. The molecule has 0 saturated heterocycles. The normalized spacial score (nSPS) is 13.0. The van der Waals surface area contributed by atoms with Crippen LogP contribution >= 0.6 is 0 Å². The number of pyridine rings is 1. The third kappa shape index (κ3) is 3.03. The summed E-state index contributed by atoms with van der Waals surface area (Å²) in [4.78, 5) is 4.25. The van der Waals surface area contributed by atoms with Crippen molar-refractivity contribution in [1.82, 2.24) is 4.98 Å². The Morgan fingerprint density at radius 1 is 1.31 bits per heavy atom. The molecular formula is C10H17N3. The van der Waals surface area contributed by atoms with Crippen LogP contribution in [0.5, 0.6) is 0 Å². The quantitative estimate of drug-likeness (QED) is 0.745. The van der Waals surface area contributed by atoms with Crippen molar-refractivity contribution >= 4 is 5.82 Å². The first-order valence-corrected chi connectivity index (χ1v) is 4.57. The van der Waals surface area contributed by atoms with Crippen LogP contribution in [0.1, 0.15) is 32.4 Å². The van der Waals surface area contributed by atoms with Gasteiger partial charge in [-0.2, -0.15) is 0 Å². The van der Waals surface area contributed by atoms with Crippen molar-refractivity contribution in [3.63, 3.8) is 0 Å². The summed E-state index contributed by atoms with van der Waals surface area (Å²) in [6.07, 6.45) is 1.81. The molecule has 1 aromatic heterocycles. The molecule has 0 aliphatic rings. The zero-order valence-electron chi connectivity index (χ0n) is 8.41. The molecule has 72 valence electrons. The first-order chi connectivity index (χ1) is 6.09. The van der Waals surface area contributed by atoms with E-state index >= 15 is 0 Å². The largest absolute Gasteiger partial charge is 0.368 e. The first kappa shape index (κ1) is 9.99. The summed E-state index contributed by atoms with van der Waals surface area (Å²) in [5, 5.41) is 3.22. The highest BCUT2D eigenvalue weighted by molar-refractivity contribution is 5.36. The van der Waals surface area contributed by atoms with Gasteiger partial charge in [0.2, 0.25) is 0 Å². The molecule has 0 aliphatic carbocycles. The van der Waals surface area contributed by atoms with E-state index in [1.165, 1.54) is 0 Å². The average Bonchev–Trinajstić information content (AvgIpc) is 2.04. The molecule has 3 heteroatoms. The second-order valence-corrected chi connectivity index (χ2v) is 3.56. The van der Waals surface area contributed by atoms with Gasteiger partial charge >= 0.3 is 0 Å². The van der Waals surface area contributed by atoms with Crippen molar-refractivity contribution in [2.24, 2.45) is 5.73 Å². The third-order valence-electron chi connectivity index (χ3n) is 1.75. The molecule has 13 heavy (non-hydrogen) atoms.